The van der Waals surface area contributed by atoms with Crippen LogP contribution in [0.3, 0.4) is 0 Å². The van der Waals surface area contributed by atoms with Crippen LogP contribution in [0.25, 0.3) is 10.8 Å². The van der Waals surface area contributed by atoms with Gasteiger partial charge < -0.3 is 31.3 Å². The van der Waals surface area contributed by atoms with Gasteiger partial charge in [0.1, 0.15) is 30.6 Å². The molecule has 3 aliphatic rings. The van der Waals surface area contributed by atoms with Gasteiger partial charge in [-0.25, -0.2) is 0 Å². The summed E-state index contributed by atoms with van der Waals surface area (Å²) in [6.07, 6.45) is 3.04. The minimum Gasteiger partial charge on any atom is -0.491 e. The molecule has 4 aromatic carbocycles. The van der Waals surface area contributed by atoms with Gasteiger partial charge in [-0.05, 0) is 84.7 Å². The van der Waals surface area contributed by atoms with Crippen LogP contribution in [0, 0.1) is 0 Å². The predicted molar refractivity (Wildman–Crippen MR) is 211 cm³/mol. The number of aliphatic imine (C=N–C) groups is 1. The van der Waals surface area contributed by atoms with Gasteiger partial charge in [-0.2, -0.15) is 0 Å². The number of amides is 3. The van der Waals surface area contributed by atoms with E-state index in [0.717, 1.165) is 22.8 Å². The zero-order chi connectivity index (χ0) is 37.8. The number of fused-ring (bicyclic) bond motifs is 2. The van der Waals surface area contributed by atoms with Crippen molar-refractivity contribution in [1.82, 2.24) is 20.4 Å². The van der Waals surface area contributed by atoms with Crippen molar-refractivity contribution in [2.45, 2.75) is 81.3 Å². The smallest absolute Gasteiger partial charge is 0.247 e. The molecule has 11 nitrogen and oxygen atoms in total. The SMILES string of the molecule is NC(N)=NCCCC1C(=O)N2C(COc3ccc4ccccc4c3)CCC2N1C(=O)[C@@H](Cc1ccc(Cl)cc1Cl)NC(=O)C1CCC(c2ccccc2)N1. The zero-order valence-electron chi connectivity index (χ0n) is 29.9. The highest BCUT2D eigenvalue weighted by Gasteiger charge is 2.54. The maximum atomic E-state index is 15.0. The van der Waals surface area contributed by atoms with E-state index in [1.54, 1.807) is 28.0 Å². The van der Waals surface area contributed by atoms with Crippen LogP contribution in [0.1, 0.15) is 55.7 Å². The third-order valence-corrected chi connectivity index (χ3v) is 11.3. The maximum Gasteiger partial charge on any atom is 0.247 e. The Kier molecular flexibility index (Phi) is 11.6. The van der Waals surface area contributed by atoms with Crippen molar-refractivity contribution in [2.75, 3.05) is 13.2 Å². The molecule has 7 rings (SSSR count). The number of benzene rings is 4. The second-order valence-corrected chi connectivity index (χ2v) is 15.1. The number of carbonyl (C=O) groups is 3. The van der Waals surface area contributed by atoms with Gasteiger partial charge in [-0.3, -0.25) is 24.7 Å². The van der Waals surface area contributed by atoms with E-state index in [1.165, 1.54) is 0 Å². The second kappa shape index (κ2) is 16.7. The molecular weight excluding hydrogens is 725 g/mol. The number of guanidine groups is 1. The lowest BCUT2D eigenvalue weighted by molar-refractivity contribution is -0.141. The average Bonchev–Trinajstić information content (AvgIpc) is 3.90. The average molecular weight is 771 g/mol. The van der Waals surface area contributed by atoms with Gasteiger partial charge >= 0.3 is 0 Å². The van der Waals surface area contributed by atoms with Crippen molar-refractivity contribution in [3.63, 3.8) is 0 Å². The highest BCUT2D eigenvalue weighted by atomic mass is 35.5. The molecule has 6 N–H and O–H groups in total. The standard InChI is InChI=1S/C41H45Cl2N7O4/c42-29-14-12-28(32(43)23-29)22-35(48-38(51)34-18-17-33(47-34)26-8-2-1-3-9-26)39(52)50-36(11-6-20-46-41(44)45)40(53)49-30(15-19-37(49)50)24-54-31-16-13-25-7-4-5-10-27(25)21-31/h1-5,7-10,12-14,16,21,23,30,33-37,47H,6,11,15,17-20,22,24H2,(H,48,51)(H4,44,45,46)/t30?,33?,34?,35-,36?,37?/m1/s1. The molecule has 3 heterocycles. The third-order valence-electron chi connectivity index (χ3n) is 10.7. The fourth-order valence-electron chi connectivity index (χ4n) is 8.09. The molecule has 5 unspecified atom stereocenters. The number of ether oxygens (including phenoxy) is 1. The summed E-state index contributed by atoms with van der Waals surface area (Å²) >= 11 is 12.9. The van der Waals surface area contributed by atoms with E-state index in [1.807, 2.05) is 72.8 Å². The Hall–Kier alpha value is -4.84. The first kappa shape index (κ1) is 37.5. The largest absolute Gasteiger partial charge is 0.491 e. The number of hydrogen-bond acceptors (Lipinski definition) is 6. The molecule has 3 amide bonds. The van der Waals surface area contributed by atoms with Gasteiger partial charge in [0.2, 0.25) is 17.7 Å². The van der Waals surface area contributed by atoms with Gasteiger partial charge in [0.25, 0.3) is 0 Å². The highest BCUT2D eigenvalue weighted by molar-refractivity contribution is 6.35. The van der Waals surface area contributed by atoms with Crippen LogP contribution in [0.4, 0.5) is 0 Å². The minimum atomic E-state index is -1.00. The van der Waals surface area contributed by atoms with Gasteiger partial charge in [0, 0.05) is 29.1 Å². The van der Waals surface area contributed by atoms with Gasteiger partial charge in [0.15, 0.2) is 5.96 Å². The Bertz CT molecular complexity index is 2030. The monoisotopic (exact) mass is 769 g/mol. The third kappa shape index (κ3) is 8.28. The van der Waals surface area contributed by atoms with Crippen molar-refractivity contribution >= 4 is 57.7 Å². The van der Waals surface area contributed by atoms with E-state index >= 15 is 0 Å². The van der Waals surface area contributed by atoms with E-state index in [0.29, 0.717) is 60.0 Å². The Morgan fingerprint density at radius 1 is 0.926 bits per heavy atom. The molecule has 6 atom stereocenters. The molecule has 13 heteroatoms. The van der Waals surface area contributed by atoms with Crippen LogP contribution >= 0.6 is 23.2 Å². The first-order valence-electron chi connectivity index (χ1n) is 18.5. The molecule has 0 radical (unpaired) electrons. The molecule has 0 aliphatic carbocycles. The quantitative estimate of drug-likeness (QED) is 0.0815. The number of rotatable bonds is 13. The molecule has 0 spiro atoms. The van der Waals surface area contributed by atoms with Crippen LogP contribution in [-0.2, 0) is 20.8 Å². The number of nitrogens with two attached hydrogens (primary N) is 2. The van der Waals surface area contributed by atoms with Crippen molar-refractivity contribution in [3.05, 3.63) is 112 Å². The molecule has 4 aromatic rings. The van der Waals surface area contributed by atoms with E-state index in [9.17, 15) is 14.4 Å². The first-order chi connectivity index (χ1) is 26.2. The maximum absolute atomic E-state index is 15.0. The lowest BCUT2D eigenvalue weighted by Gasteiger charge is -2.32. The number of nitrogens with one attached hydrogen (secondary N) is 2. The number of nitrogens with zero attached hydrogens (tertiary/aromatic N) is 3. The predicted octanol–water partition coefficient (Wildman–Crippen LogP) is 5.33. The fourth-order valence-corrected chi connectivity index (χ4v) is 8.57. The van der Waals surface area contributed by atoms with Crippen molar-refractivity contribution in [3.8, 4) is 5.75 Å². The van der Waals surface area contributed by atoms with Crippen LogP contribution in [0.2, 0.25) is 10.0 Å². The number of carbonyl (C=O) groups excluding carboxylic acids is 3. The summed E-state index contributed by atoms with van der Waals surface area (Å²) in [6, 6.07) is 26.6. The molecule has 282 valence electrons. The Balaban J connectivity index is 1.13. The molecule has 0 saturated carbocycles. The number of halogens is 2. The molecule has 3 saturated heterocycles. The highest BCUT2D eigenvalue weighted by Crippen LogP contribution is 2.38. The lowest BCUT2D eigenvalue weighted by Crippen LogP contribution is -2.56. The summed E-state index contributed by atoms with van der Waals surface area (Å²) in [7, 11) is 0. The van der Waals surface area contributed by atoms with E-state index in [4.69, 9.17) is 39.4 Å². The molecule has 3 aliphatic heterocycles. The molecule has 0 aromatic heterocycles. The zero-order valence-corrected chi connectivity index (χ0v) is 31.4. The lowest BCUT2D eigenvalue weighted by atomic mass is 10.0. The molecule has 3 fully saturated rings. The van der Waals surface area contributed by atoms with Crippen LogP contribution in [0.15, 0.2) is 96.0 Å². The van der Waals surface area contributed by atoms with Crippen molar-refractivity contribution in [1.29, 1.82) is 0 Å². The van der Waals surface area contributed by atoms with Crippen molar-refractivity contribution < 1.29 is 19.1 Å². The normalized spacial score (nSPS) is 22.6. The summed E-state index contributed by atoms with van der Waals surface area (Å²) < 4.78 is 6.28. The first-order valence-corrected chi connectivity index (χ1v) is 19.3. The fraction of sp³-hybridized carbons (Fsp3) is 0.366. The van der Waals surface area contributed by atoms with E-state index in [-0.39, 0.29) is 48.8 Å². The van der Waals surface area contributed by atoms with Crippen LogP contribution < -0.4 is 26.8 Å². The topological polar surface area (TPSA) is 155 Å². The number of hydrogen-bond donors (Lipinski definition) is 4. The second-order valence-electron chi connectivity index (χ2n) is 14.2. The van der Waals surface area contributed by atoms with Crippen molar-refractivity contribution in [2.24, 2.45) is 16.5 Å². The molecule has 54 heavy (non-hydrogen) atoms. The summed E-state index contributed by atoms with van der Waals surface area (Å²) in [5.74, 6) is -0.110. The molecular formula is C41H45Cl2N7O4. The Labute approximate surface area is 325 Å². The van der Waals surface area contributed by atoms with Gasteiger partial charge in [-0.1, -0.05) is 89.9 Å². The summed E-state index contributed by atoms with van der Waals surface area (Å²) in [5, 5.41) is 9.55. The Morgan fingerprint density at radius 3 is 2.48 bits per heavy atom. The van der Waals surface area contributed by atoms with Gasteiger partial charge in [0.05, 0.1) is 12.1 Å². The molecule has 0 bridgehead atoms. The summed E-state index contributed by atoms with van der Waals surface area (Å²) in [4.78, 5) is 50.9. The van der Waals surface area contributed by atoms with Gasteiger partial charge in [-0.15, -0.1) is 0 Å². The van der Waals surface area contributed by atoms with E-state index < -0.39 is 24.3 Å². The van der Waals surface area contributed by atoms with Crippen LogP contribution in [0.5, 0.6) is 5.75 Å². The summed E-state index contributed by atoms with van der Waals surface area (Å²) in [5.41, 5.74) is 12.9. The van der Waals surface area contributed by atoms with Crippen LogP contribution in [-0.4, -0.2) is 77.0 Å². The summed E-state index contributed by atoms with van der Waals surface area (Å²) in [6.45, 7) is 0.587. The minimum absolute atomic E-state index is 0.0217. The Morgan fingerprint density at radius 2 is 1.70 bits per heavy atom. The van der Waals surface area contributed by atoms with E-state index in [2.05, 4.69) is 15.6 Å².